The molecule has 2 rings (SSSR count). The number of benzene rings is 2. The van der Waals surface area contributed by atoms with Gasteiger partial charge in [0.15, 0.2) is 0 Å². The van der Waals surface area contributed by atoms with Crippen molar-refractivity contribution in [3.05, 3.63) is 52.8 Å². The number of hydrogen-bond donors (Lipinski definition) is 1. The van der Waals surface area contributed by atoms with Gasteiger partial charge in [-0.2, -0.15) is 4.31 Å². The van der Waals surface area contributed by atoms with Gasteiger partial charge in [0.05, 0.1) is 29.8 Å². The van der Waals surface area contributed by atoms with Crippen molar-refractivity contribution in [3.63, 3.8) is 0 Å². The van der Waals surface area contributed by atoms with Crippen LogP contribution in [0.25, 0.3) is 0 Å². The second kappa shape index (κ2) is 10.8. The quantitative estimate of drug-likeness (QED) is 0.588. The molecular formula is C21H25ClFN3O5S. The Morgan fingerprint density at radius 1 is 1.12 bits per heavy atom. The summed E-state index contributed by atoms with van der Waals surface area (Å²) >= 11 is 5.94. The Bertz CT molecular complexity index is 1110. The van der Waals surface area contributed by atoms with Crippen LogP contribution in [0.15, 0.2) is 41.3 Å². The van der Waals surface area contributed by atoms with Crippen molar-refractivity contribution in [2.24, 2.45) is 0 Å². The maximum absolute atomic E-state index is 14.4. The third-order valence-corrected chi connectivity index (χ3v) is 6.96. The van der Waals surface area contributed by atoms with Crippen LogP contribution in [0.5, 0.6) is 5.75 Å². The van der Waals surface area contributed by atoms with Crippen molar-refractivity contribution in [3.8, 4) is 5.75 Å². The number of rotatable bonds is 9. The molecule has 0 saturated heterocycles. The molecule has 0 aliphatic rings. The molecule has 0 spiro atoms. The van der Waals surface area contributed by atoms with E-state index < -0.39 is 39.8 Å². The summed E-state index contributed by atoms with van der Waals surface area (Å²) < 4.78 is 46.2. The van der Waals surface area contributed by atoms with Crippen molar-refractivity contribution >= 4 is 39.1 Å². The molecule has 0 aliphatic carbocycles. The second-order valence-corrected chi connectivity index (χ2v) is 9.16. The number of carbonyl (C=O) groups excluding carboxylic acids is 2. The molecule has 0 bridgehead atoms. The highest BCUT2D eigenvalue weighted by molar-refractivity contribution is 7.89. The fraction of sp³-hybridized carbons (Fsp3) is 0.333. The number of nitrogens with one attached hydrogen (secondary N) is 1. The van der Waals surface area contributed by atoms with Crippen molar-refractivity contribution in [1.82, 2.24) is 9.21 Å². The molecule has 0 radical (unpaired) electrons. The lowest BCUT2D eigenvalue weighted by Gasteiger charge is -2.20. The SMILES string of the molecule is CCN(CC)S(=O)(=O)c1ccc(F)c(C(=O)N(C)CC(=O)Nc2cc(Cl)ccc2OC)c1. The van der Waals surface area contributed by atoms with E-state index >= 15 is 0 Å². The summed E-state index contributed by atoms with van der Waals surface area (Å²) in [7, 11) is -1.15. The maximum atomic E-state index is 14.4. The smallest absolute Gasteiger partial charge is 0.257 e. The van der Waals surface area contributed by atoms with Gasteiger partial charge in [-0.1, -0.05) is 25.4 Å². The normalized spacial score (nSPS) is 11.3. The molecule has 11 heteroatoms. The van der Waals surface area contributed by atoms with Crippen LogP contribution in [0.4, 0.5) is 10.1 Å². The molecule has 0 unspecified atom stereocenters. The molecule has 0 aromatic heterocycles. The van der Waals surface area contributed by atoms with E-state index in [-0.39, 0.29) is 18.0 Å². The summed E-state index contributed by atoms with van der Waals surface area (Å²) in [6.07, 6.45) is 0. The largest absolute Gasteiger partial charge is 0.495 e. The van der Waals surface area contributed by atoms with Gasteiger partial charge in [0, 0.05) is 25.2 Å². The summed E-state index contributed by atoms with van der Waals surface area (Å²) in [5.74, 6) is -1.93. The van der Waals surface area contributed by atoms with Gasteiger partial charge in [-0.15, -0.1) is 0 Å². The second-order valence-electron chi connectivity index (χ2n) is 6.78. The number of nitrogens with zero attached hydrogens (tertiary/aromatic N) is 2. The Kier molecular flexibility index (Phi) is 8.59. The topological polar surface area (TPSA) is 96.0 Å². The lowest BCUT2D eigenvalue weighted by atomic mass is 10.2. The van der Waals surface area contributed by atoms with Crippen molar-refractivity contribution in [1.29, 1.82) is 0 Å². The highest BCUT2D eigenvalue weighted by atomic mass is 35.5. The minimum Gasteiger partial charge on any atom is -0.495 e. The van der Waals surface area contributed by atoms with Gasteiger partial charge >= 0.3 is 0 Å². The third kappa shape index (κ3) is 5.76. The van der Waals surface area contributed by atoms with Crippen LogP contribution in [0.1, 0.15) is 24.2 Å². The standard InChI is InChI=1S/C21H25ClFN3O5S/c1-5-26(6-2)32(29,30)15-8-9-17(23)16(12-15)21(28)25(3)13-20(27)24-18-11-14(22)7-10-19(18)31-4/h7-12H,5-6,13H2,1-4H3,(H,24,27). The molecule has 2 amide bonds. The average molecular weight is 486 g/mol. The van der Waals surface area contributed by atoms with E-state index in [1.165, 1.54) is 24.5 Å². The number of carbonyl (C=O) groups is 2. The monoisotopic (exact) mass is 485 g/mol. The van der Waals surface area contributed by atoms with Crippen LogP contribution in [0.3, 0.4) is 0 Å². The van der Waals surface area contributed by atoms with Crippen LogP contribution in [0.2, 0.25) is 5.02 Å². The molecule has 0 aliphatic heterocycles. The molecule has 8 nitrogen and oxygen atoms in total. The van der Waals surface area contributed by atoms with Crippen LogP contribution >= 0.6 is 11.6 Å². The Balaban J connectivity index is 2.22. The van der Waals surface area contributed by atoms with E-state index in [0.717, 1.165) is 23.1 Å². The zero-order chi connectivity index (χ0) is 24.1. The van der Waals surface area contributed by atoms with Crippen LogP contribution < -0.4 is 10.1 Å². The number of sulfonamides is 1. The number of methoxy groups -OCH3 is 1. The zero-order valence-corrected chi connectivity index (χ0v) is 19.8. The fourth-order valence-corrected chi connectivity index (χ4v) is 4.66. The maximum Gasteiger partial charge on any atom is 0.257 e. The van der Waals surface area contributed by atoms with E-state index in [4.69, 9.17) is 16.3 Å². The number of anilines is 1. The first-order valence-electron chi connectivity index (χ1n) is 9.73. The first-order valence-corrected chi connectivity index (χ1v) is 11.5. The Labute approximate surface area is 192 Å². The minimum atomic E-state index is -3.88. The number of likely N-dealkylation sites (N-methyl/N-ethyl adjacent to an activating group) is 1. The zero-order valence-electron chi connectivity index (χ0n) is 18.2. The van der Waals surface area contributed by atoms with Gasteiger partial charge in [0.25, 0.3) is 5.91 Å². The van der Waals surface area contributed by atoms with Crippen molar-refractivity contribution in [2.45, 2.75) is 18.7 Å². The van der Waals surface area contributed by atoms with E-state index in [0.29, 0.717) is 16.5 Å². The number of ether oxygens (including phenoxy) is 1. The van der Waals surface area contributed by atoms with Crippen LogP contribution in [-0.4, -0.2) is 63.2 Å². The summed E-state index contributed by atoms with van der Waals surface area (Å²) in [5.41, 5.74) is -0.141. The molecule has 1 N–H and O–H groups in total. The number of hydrogen-bond acceptors (Lipinski definition) is 5. The number of halogens is 2. The van der Waals surface area contributed by atoms with Crippen LogP contribution in [-0.2, 0) is 14.8 Å². The van der Waals surface area contributed by atoms with Gasteiger partial charge in [-0.05, 0) is 36.4 Å². The first kappa shape index (κ1) is 25.6. The fourth-order valence-electron chi connectivity index (χ4n) is 3.00. The van der Waals surface area contributed by atoms with E-state index in [1.807, 2.05) is 0 Å². The van der Waals surface area contributed by atoms with E-state index in [9.17, 15) is 22.4 Å². The highest BCUT2D eigenvalue weighted by Gasteiger charge is 2.26. The average Bonchev–Trinajstić information content (AvgIpc) is 2.74. The van der Waals surface area contributed by atoms with Crippen molar-refractivity contribution < 1.29 is 27.1 Å². The highest BCUT2D eigenvalue weighted by Crippen LogP contribution is 2.27. The number of amides is 2. The molecular weight excluding hydrogens is 461 g/mol. The minimum absolute atomic E-state index is 0.201. The molecule has 0 fully saturated rings. The van der Waals surface area contributed by atoms with Crippen LogP contribution in [0, 0.1) is 5.82 Å². The molecule has 32 heavy (non-hydrogen) atoms. The molecule has 2 aromatic carbocycles. The van der Waals surface area contributed by atoms with Crippen molar-refractivity contribution in [2.75, 3.05) is 39.1 Å². The van der Waals surface area contributed by atoms with Gasteiger partial charge in [-0.25, -0.2) is 12.8 Å². The molecule has 0 saturated carbocycles. The molecule has 0 heterocycles. The Hall–Kier alpha value is -2.69. The van der Waals surface area contributed by atoms with Gasteiger partial charge in [0.2, 0.25) is 15.9 Å². The molecule has 0 atom stereocenters. The predicted octanol–water partition coefficient (Wildman–Crippen LogP) is 3.23. The first-order chi connectivity index (χ1) is 15.0. The molecule has 174 valence electrons. The third-order valence-electron chi connectivity index (χ3n) is 4.67. The lowest BCUT2D eigenvalue weighted by Crippen LogP contribution is -2.36. The van der Waals surface area contributed by atoms with Gasteiger partial charge < -0.3 is 15.0 Å². The Morgan fingerprint density at radius 2 is 1.78 bits per heavy atom. The summed E-state index contributed by atoms with van der Waals surface area (Å²) in [6, 6.07) is 7.67. The molecule has 2 aromatic rings. The van der Waals surface area contributed by atoms with Gasteiger partial charge in [-0.3, -0.25) is 9.59 Å². The summed E-state index contributed by atoms with van der Waals surface area (Å²) in [5, 5.41) is 2.96. The van der Waals surface area contributed by atoms with Gasteiger partial charge in [0.1, 0.15) is 11.6 Å². The predicted molar refractivity (Wildman–Crippen MR) is 120 cm³/mol. The van der Waals surface area contributed by atoms with E-state index in [2.05, 4.69) is 5.32 Å². The Morgan fingerprint density at radius 3 is 2.38 bits per heavy atom. The lowest BCUT2D eigenvalue weighted by molar-refractivity contribution is -0.116. The summed E-state index contributed by atoms with van der Waals surface area (Å²) in [4.78, 5) is 26.0. The summed E-state index contributed by atoms with van der Waals surface area (Å²) in [6.45, 7) is 3.40. The van der Waals surface area contributed by atoms with E-state index in [1.54, 1.807) is 26.0 Å².